The smallest absolute Gasteiger partial charge is 0.223 e. The van der Waals surface area contributed by atoms with E-state index in [9.17, 15) is 4.39 Å². The van der Waals surface area contributed by atoms with E-state index in [-0.39, 0.29) is 17.2 Å². The summed E-state index contributed by atoms with van der Waals surface area (Å²) in [6.07, 6.45) is 7.73. The van der Waals surface area contributed by atoms with Crippen LogP contribution in [-0.2, 0) is 0 Å². The zero-order chi connectivity index (χ0) is 16.7. The number of hydrogen-bond donors (Lipinski definition) is 1. The Morgan fingerprint density at radius 2 is 1.96 bits per heavy atom. The van der Waals surface area contributed by atoms with Crippen molar-refractivity contribution in [3.8, 4) is 11.4 Å². The molecule has 2 N–H and O–H groups in total. The van der Waals surface area contributed by atoms with Crippen molar-refractivity contribution in [3.05, 3.63) is 30.6 Å². The molecule has 0 radical (unpaired) electrons. The fourth-order valence-electron chi connectivity index (χ4n) is 3.40. The number of rotatable bonds is 2. The maximum absolute atomic E-state index is 14.0. The number of fused-ring (bicyclic) bond motifs is 1. The normalized spacial score (nSPS) is 21.2. The summed E-state index contributed by atoms with van der Waals surface area (Å²) in [5.41, 5.74) is 7.52. The standard InChI is InChI=1S/C17H19FN6/c1-10-4-6-11(7-5-10)24-9-21-13-15(19)22-16(23-17(13)24)12-3-2-8-20-14(12)18/h2-3,8-11H,4-7H2,1H3,(H2,19,22,23). The SMILES string of the molecule is CC1CCC(n2cnc3c(N)nc(-c4cccnc4F)nc32)CC1. The van der Waals surface area contributed by atoms with Crippen LogP contribution in [-0.4, -0.2) is 24.5 Å². The average molecular weight is 326 g/mol. The Labute approximate surface area is 139 Å². The van der Waals surface area contributed by atoms with Gasteiger partial charge in [0.25, 0.3) is 0 Å². The van der Waals surface area contributed by atoms with E-state index < -0.39 is 5.95 Å². The van der Waals surface area contributed by atoms with Gasteiger partial charge in [0.2, 0.25) is 5.95 Å². The largest absolute Gasteiger partial charge is 0.382 e. The van der Waals surface area contributed by atoms with Gasteiger partial charge in [-0.15, -0.1) is 0 Å². The fraction of sp³-hybridized carbons (Fsp3) is 0.412. The summed E-state index contributed by atoms with van der Waals surface area (Å²) in [6, 6.07) is 3.61. The zero-order valence-electron chi connectivity index (χ0n) is 13.5. The molecule has 1 aliphatic rings. The molecule has 24 heavy (non-hydrogen) atoms. The molecule has 0 unspecified atom stereocenters. The van der Waals surface area contributed by atoms with Gasteiger partial charge in [0.05, 0.1) is 11.9 Å². The highest BCUT2D eigenvalue weighted by Crippen LogP contribution is 2.34. The van der Waals surface area contributed by atoms with E-state index in [4.69, 9.17) is 5.73 Å². The number of aromatic nitrogens is 5. The van der Waals surface area contributed by atoms with E-state index in [0.717, 1.165) is 18.8 Å². The van der Waals surface area contributed by atoms with Gasteiger partial charge in [-0.3, -0.25) is 0 Å². The summed E-state index contributed by atoms with van der Waals surface area (Å²) in [6.45, 7) is 2.28. The van der Waals surface area contributed by atoms with E-state index in [1.807, 2.05) is 0 Å². The predicted octanol–water partition coefficient (Wildman–Crippen LogP) is 3.36. The van der Waals surface area contributed by atoms with E-state index in [1.165, 1.54) is 19.0 Å². The summed E-state index contributed by atoms with van der Waals surface area (Å²) in [5.74, 6) is 0.669. The summed E-state index contributed by atoms with van der Waals surface area (Å²) < 4.78 is 16.0. The first-order valence-corrected chi connectivity index (χ1v) is 8.24. The van der Waals surface area contributed by atoms with Crippen LogP contribution < -0.4 is 5.73 Å². The van der Waals surface area contributed by atoms with Crippen LogP contribution in [0.3, 0.4) is 0 Å². The number of pyridine rings is 1. The third kappa shape index (κ3) is 2.50. The molecule has 1 saturated carbocycles. The Kier molecular flexibility index (Phi) is 3.63. The molecular formula is C17H19FN6. The summed E-state index contributed by atoms with van der Waals surface area (Å²) in [4.78, 5) is 16.8. The average Bonchev–Trinajstić information content (AvgIpc) is 3.00. The number of nitrogen functional groups attached to an aromatic ring is 1. The van der Waals surface area contributed by atoms with Crippen LogP contribution in [0.25, 0.3) is 22.6 Å². The van der Waals surface area contributed by atoms with Gasteiger partial charge in [-0.1, -0.05) is 6.92 Å². The monoisotopic (exact) mass is 326 g/mol. The third-order valence-electron chi connectivity index (χ3n) is 4.83. The number of nitrogens with zero attached hydrogens (tertiary/aromatic N) is 5. The molecule has 0 atom stereocenters. The number of imidazole rings is 1. The third-order valence-corrected chi connectivity index (χ3v) is 4.83. The number of nitrogens with two attached hydrogens (primary N) is 1. The minimum Gasteiger partial charge on any atom is -0.382 e. The second-order valence-corrected chi connectivity index (χ2v) is 6.51. The molecule has 4 rings (SSSR count). The Bertz CT molecular complexity index is 882. The molecule has 124 valence electrons. The fourth-order valence-corrected chi connectivity index (χ4v) is 3.40. The predicted molar refractivity (Wildman–Crippen MR) is 89.6 cm³/mol. The van der Waals surface area contributed by atoms with E-state index in [2.05, 4.69) is 31.4 Å². The van der Waals surface area contributed by atoms with Crippen molar-refractivity contribution >= 4 is 17.0 Å². The van der Waals surface area contributed by atoms with Crippen molar-refractivity contribution in [3.63, 3.8) is 0 Å². The van der Waals surface area contributed by atoms with Gasteiger partial charge in [-0.25, -0.2) is 19.9 Å². The molecule has 3 heterocycles. The molecule has 0 aromatic carbocycles. The maximum Gasteiger partial charge on any atom is 0.223 e. The topological polar surface area (TPSA) is 82.5 Å². The van der Waals surface area contributed by atoms with E-state index in [1.54, 1.807) is 18.5 Å². The highest BCUT2D eigenvalue weighted by atomic mass is 19.1. The van der Waals surface area contributed by atoms with Crippen molar-refractivity contribution in [1.29, 1.82) is 0 Å². The van der Waals surface area contributed by atoms with Gasteiger partial charge in [0, 0.05) is 12.2 Å². The molecule has 1 fully saturated rings. The van der Waals surface area contributed by atoms with Crippen LogP contribution in [0.2, 0.25) is 0 Å². The molecule has 6 nitrogen and oxygen atoms in total. The highest BCUT2D eigenvalue weighted by molar-refractivity contribution is 5.83. The molecule has 0 bridgehead atoms. The lowest BCUT2D eigenvalue weighted by Gasteiger charge is -2.27. The number of halogens is 1. The Balaban J connectivity index is 1.82. The van der Waals surface area contributed by atoms with Gasteiger partial charge in [-0.05, 0) is 43.7 Å². The maximum atomic E-state index is 14.0. The molecule has 0 amide bonds. The van der Waals surface area contributed by atoms with Crippen molar-refractivity contribution in [2.75, 3.05) is 5.73 Å². The molecule has 0 aliphatic heterocycles. The minimum atomic E-state index is -0.603. The molecule has 7 heteroatoms. The number of anilines is 1. The second-order valence-electron chi connectivity index (χ2n) is 6.51. The zero-order valence-corrected chi connectivity index (χ0v) is 13.5. The van der Waals surface area contributed by atoms with Crippen LogP contribution in [0.15, 0.2) is 24.7 Å². The van der Waals surface area contributed by atoms with Crippen molar-refractivity contribution < 1.29 is 4.39 Å². The first-order valence-electron chi connectivity index (χ1n) is 8.24. The van der Waals surface area contributed by atoms with Gasteiger partial charge in [0.1, 0.15) is 5.52 Å². The molecule has 0 saturated heterocycles. The van der Waals surface area contributed by atoms with Crippen LogP contribution >= 0.6 is 0 Å². The molecule has 3 aromatic heterocycles. The van der Waals surface area contributed by atoms with Crippen molar-refractivity contribution in [2.24, 2.45) is 5.92 Å². The molecule has 1 aliphatic carbocycles. The van der Waals surface area contributed by atoms with Crippen LogP contribution in [0.1, 0.15) is 38.6 Å². The first-order chi connectivity index (χ1) is 11.6. The lowest BCUT2D eigenvalue weighted by molar-refractivity contribution is 0.293. The Hall–Kier alpha value is -2.57. The summed E-state index contributed by atoms with van der Waals surface area (Å²) >= 11 is 0. The first kappa shape index (κ1) is 15.0. The van der Waals surface area contributed by atoms with Crippen molar-refractivity contribution in [2.45, 2.75) is 38.6 Å². The van der Waals surface area contributed by atoms with Crippen LogP contribution in [0.4, 0.5) is 10.2 Å². The van der Waals surface area contributed by atoms with Gasteiger partial charge in [-0.2, -0.15) is 4.39 Å². The summed E-state index contributed by atoms with van der Waals surface area (Å²) in [7, 11) is 0. The van der Waals surface area contributed by atoms with E-state index in [0.29, 0.717) is 17.2 Å². The molecule has 0 spiro atoms. The van der Waals surface area contributed by atoms with Gasteiger partial charge < -0.3 is 10.3 Å². The second kappa shape index (κ2) is 5.81. The summed E-state index contributed by atoms with van der Waals surface area (Å²) in [5, 5.41) is 0. The quantitative estimate of drug-likeness (QED) is 0.730. The van der Waals surface area contributed by atoms with E-state index >= 15 is 0 Å². The molecular weight excluding hydrogens is 307 g/mol. The van der Waals surface area contributed by atoms with Gasteiger partial charge >= 0.3 is 0 Å². The lowest BCUT2D eigenvalue weighted by atomic mass is 9.87. The van der Waals surface area contributed by atoms with Crippen LogP contribution in [0, 0.1) is 11.9 Å². The van der Waals surface area contributed by atoms with Gasteiger partial charge in [0.15, 0.2) is 17.3 Å². The molecule has 3 aromatic rings. The Morgan fingerprint density at radius 1 is 1.17 bits per heavy atom. The Morgan fingerprint density at radius 3 is 2.71 bits per heavy atom. The number of hydrogen-bond acceptors (Lipinski definition) is 5. The highest BCUT2D eigenvalue weighted by Gasteiger charge is 2.23. The van der Waals surface area contributed by atoms with Crippen LogP contribution in [0.5, 0.6) is 0 Å². The lowest BCUT2D eigenvalue weighted by Crippen LogP contribution is -2.16. The minimum absolute atomic E-state index is 0.246. The van der Waals surface area contributed by atoms with Crippen molar-refractivity contribution in [1.82, 2.24) is 24.5 Å².